The first-order chi connectivity index (χ1) is 5.72. The van der Waals surface area contributed by atoms with Gasteiger partial charge in [-0.25, -0.2) is 0 Å². The Morgan fingerprint density at radius 1 is 1.33 bits per heavy atom. The van der Waals surface area contributed by atoms with Gasteiger partial charge in [0, 0.05) is 6.42 Å². The summed E-state index contributed by atoms with van der Waals surface area (Å²) in [5.41, 5.74) is 0.194. The average Bonchev–Trinajstić information content (AvgIpc) is 2.01. The van der Waals surface area contributed by atoms with E-state index >= 15 is 0 Å². The van der Waals surface area contributed by atoms with E-state index in [1.54, 1.807) is 0 Å². The lowest BCUT2D eigenvalue weighted by molar-refractivity contribution is -0.246. The summed E-state index contributed by atoms with van der Waals surface area (Å²) in [6.07, 6.45) is 7.36. The first-order valence-corrected chi connectivity index (χ1v) is 5.08. The van der Waals surface area contributed by atoms with Crippen molar-refractivity contribution in [2.24, 2.45) is 0 Å². The van der Waals surface area contributed by atoms with Gasteiger partial charge < -0.3 is 9.84 Å². The molecule has 0 aromatic rings. The van der Waals surface area contributed by atoms with Crippen LogP contribution in [0.25, 0.3) is 0 Å². The van der Waals surface area contributed by atoms with Gasteiger partial charge in [0.15, 0.2) is 0 Å². The zero-order chi connectivity index (χ0) is 8.60. The van der Waals surface area contributed by atoms with Crippen LogP contribution in [-0.4, -0.2) is 22.9 Å². The van der Waals surface area contributed by atoms with Crippen LogP contribution in [0, 0.1) is 0 Å². The first-order valence-electron chi connectivity index (χ1n) is 5.08. The predicted octanol–water partition coefficient (Wildman–Crippen LogP) is 1.86. The van der Waals surface area contributed by atoms with Crippen molar-refractivity contribution in [1.82, 2.24) is 0 Å². The number of aliphatic hydroxyl groups is 1. The molecule has 1 heterocycles. The Hall–Kier alpha value is -0.0800. The van der Waals surface area contributed by atoms with Crippen LogP contribution in [0.1, 0.15) is 45.4 Å². The molecule has 0 aromatic heterocycles. The monoisotopic (exact) mass is 170 g/mol. The molecule has 1 aliphatic carbocycles. The second-order valence-electron chi connectivity index (χ2n) is 4.34. The van der Waals surface area contributed by atoms with E-state index in [1.165, 1.54) is 32.1 Å². The highest BCUT2D eigenvalue weighted by Gasteiger charge is 2.47. The lowest BCUT2D eigenvalue weighted by Crippen LogP contribution is -2.55. The molecule has 1 saturated carbocycles. The highest BCUT2D eigenvalue weighted by molar-refractivity contribution is 4.96. The Balaban J connectivity index is 1.84. The molecule has 1 N–H and O–H groups in total. The SMILES string of the molecule is CC(O)C1CC2(CCCCC2)O1. The third-order valence-corrected chi connectivity index (χ3v) is 3.28. The van der Waals surface area contributed by atoms with Crippen molar-refractivity contribution in [3.63, 3.8) is 0 Å². The molecular formula is C10H18O2. The van der Waals surface area contributed by atoms with Gasteiger partial charge >= 0.3 is 0 Å². The van der Waals surface area contributed by atoms with Gasteiger partial charge in [0.2, 0.25) is 0 Å². The van der Waals surface area contributed by atoms with Crippen LogP contribution in [-0.2, 0) is 4.74 Å². The Bertz CT molecular complexity index is 151. The molecule has 0 radical (unpaired) electrons. The van der Waals surface area contributed by atoms with E-state index in [0.29, 0.717) is 0 Å². The van der Waals surface area contributed by atoms with Gasteiger partial charge in [0.25, 0.3) is 0 Å². The van der Waals surface area contributed by atoms with E-state index in [9.17, 15) is 5.11 Å². The average molecular weight is 170 g/mol. The number of ether oxygens (including phenoxy) is 1. The molecule has 2 aliphatic rings. The minimum absolute atomic E-state index is 0.128. The van der Waals surface area contributed by atoms with Crippen LogP contribution >= 0.6 is 0 Å². The molecule has 2 heteroatoms. The molecule has 0 bridgehead atoms. The number of rotatable bonds is 1. The Morgan fingerprint density at radius 2 is 1.92 bits per heavy atom. The fourth-order valence-corrected chi connectivity index (χ4v) is 2.47. The quantitative estimate of drug-likeness (QED) is 0.651. The summed E-state index contributed by atoms with van der Waals surface area (Å²) in [6.45, 7) is 1.82. The van der Waals surface area contributed by atoms with Gasteiger partial charge in [-0.05, 0) is 19.8 Å². The Kier molecular flexibility index (Phi) is 2.13. The van der Waals surface area contributed by atoms with Gasteiger partial charge in [-0.3, -0.25) is 0 Å². The van der Waals surface area contributed by atoms with E-state index in [1.807, 2.05) is 6.92 Å². The summed E-state index contributed by atoms with van der Waals surface area (Å²) in [5.74, 6) is 0. The highest BCUT2D eigenvalue weighted by Crippen LogP contribution is 2.44. The molecule has 2 rings (SSSR count). The van der Waals surface area contributed by atoms with Gasteiger partial charge in [0.1, 0.15) is 0 Å². The van der Waals surface area contributed by atoms with Crippen molar-refractivity contribution < 1.29 is 9.84 Å². The number of hydrogen-bond acceptors (Lipinski definition) is 2. The minimum Gasteiger partial charge on any atom is -0.391 e. The third kappa shape index (κ3) is 1.38. The summed E-state index contributed by atoms with van der Waals surface area (Å²) in [5, 5.41) is 9.26. The Morgan fingerprint density at radius 3 is 2.42 bits per heavy atom. The molecule has 2 unspecified atom stereocenters. The lowest BCUT2D eigenvalue weighted by Gasteiger charge is -2.51. The fourth-order valence-electron chi connectivity index (χ4n) is 2.47. The summed E-state index contributed by atoms with van der Waals surface area (Å²) < 4.78 is 5.78. The molecule has 2 nitrogen and oxygen atoms in total. The van der Waals surface area contributed by atoms with E-state index in [-0.39, 0.29) is 17.8 Å². The van der Waals surface area contributed by atoms with Gasteiger partial charge in [-0.1, -0.05) is 19.3 Å². The zero-order valence-corrected chi connectivity index (χ0v) is 7.75. The summed E-state index contributed by atoms with van der Waals surface area (Å²) >= 11 is 0. The first kappa shape index (κ1) is 8.52. The van der Waals surface area contributed by atoms with Crippen molar-refractivity contribution in [3.8, 4) is 0 Å². The largest absolute Gasteiger partial charge is 0.391 e. The maximum Gasteiger partial charge on any atom is 0.0866 e. The highest BCUT2D eigenvalue weighted by atomic mass is 16.5. The van der Waals surface area contributed by atoms with Crippen LogP contribution in [0.5, 0.6) is 0 Å². The van der Waals surface area contributed by atoms with Crippen LogP contribution < -0.4 is 0 Å². The fraction of sp³-hybridized carbons (Fsp3) is 1.00. The van der Waals surface area contributed by atoms with E-state index in [2.05, 4.69) is 0 Å². The number of hydrogen-bond donors (Lipinski definition) is 1. The molecule has 0 aromatic carbocycles. The molecule has 2 fully saturated rings. The lowest BCUT2D eigenvalue weighted by atomic mass is 9.75. The summed E-state index contributed by atoms with van der Waals surface area (Å²) in [4.78, 5) is 0. The second kappa shape index (κ2) is 3.00. The molecule has 0 amide bonds. The molecule has 1 saturated heterocycles. The van der Waals surface area contributed by atoms with Crippen molar-refractivity contribution in [2.75, 3.05) is 0 Å². The molecule has 1 spiro atoms. The summed E-state index contributed by atoms with van der Waals surface area (Å²) in [6, 6.07) is 0. The van der Waals surface area contributed by atoms with Crippen molar-refractivity contribution in [3.05, 3.63) is 0 Å². The molecule has 1 aliphatic heterocycles. The van der Waals surface area contributed by atoms with Crippen LogP contribution in [0.4, 0.5) is 0 Å². The smallest absolute Gasteiger partial charge is 0.0866 e. The van der Waals surface area contributed by atoms with E-state index < -0.39 is 0 Å². The standard InChI is InChI=1S/C10H18O2/c1-8(11)9-7-10(12-9)5-3-2-4-6-10/h8-9,11H,2-7H2,1H3. The molecule has 70 valence electrons. The van der Waals surface area contributed by atoms with Gasteiger partial charge in [-0.15, -0.1) is 0 Å². The number of aliphatic hydroxyl groups excluding tert-OH is 1. The minimum atomic E-state index is -0.280. The van der Waals surface area contributed by atoms with Crippen molar-refractivity contribution in [1.29, 1.82) is 0 Å². The topological polar surface area (TPSA) is 29.5 Å². The van der Waals surface area contributed by atoms with Gasteiger partial charge in [-0.2, -0.15) is 0 Å². The Labute approximate surface area is 73.9 Å². The van der Waals surface area contributed by atoms with E-state index in [4.69, 9.17) is 4.74 Å². The zero-order valence-electron chi connectivity index (χ0n) is 7.75. The molecular weight excluding hydrogens is 152 g/mol. The van der Waals surface area contributed by atoms with Crippen LogP contribution in [0.15, 0.2) is 0 Å². The van der Waals surface area contributed by atoms with Crippen LogP contribution in [0.2, 0.25) is 0 Å². The normalized spacial score (nSPS) is 36.0. The maximum absolute atomic E-state index is 9.26. The van der Waals surface area contributed by atoms with Crippen molar-refractivity contribution >= 4 is 0 Å². The van der Waals surface area contributed by atoms with E-state index in [0.717, 1.165) is 6.42 Å². The maximum atomic E-state index is 9.26. The predicted molar refractivity (Wildman–Crippen MR) is 47.0 cm³/mol. The van der Waals surface area contributed by atoms with Crippen molar-refractivity contribution in [2.45, 2.75) is 63.3 Å². The van der Waals surface area contributed by atoms with Gasteiger partial charge in [0.05, 0.1) is 17.8 Å². The third-order valence-electron chi connectivity index (χ3n) is 3.28. The summed E-state index contributed by atoms with van der Waals surface area (Å²) in [7, 11) is 0. The second-order valence-corrected chi connectivity index (χ2v) is 4.34. The van der Waals surface area contributed by atoms with Crippen LogP contribution in [0.3, 0.4) is 0 Å². The molecule has 12 heavy (non-hydrogen) atoms. The molecule has 2 atom stereocenters.